The Labute approximate surface area is 160 Å². The highest BCUT2D eigenvalue weighted by molar-refractivity contribution is 6.32. The van der Waals surface area contributed by atoms with Gasteiger partial charge in [-0.15, -0.1) is 0 Å². The van der Waals surface area contributed by atoms with E-state index in [1.807, 2.05) is 24.3 Å². The van der Waals surface area contributed by atoms with E-state index < -0.39 is 6.10 Å². The fourth-order valence-electron chi connectivity index (χ4n) is 2.32. The number of carbonyl (C=O) groups excluding carboxylic acids is 1. The van der Waals surface area contributed by atoms with Gasteiger partial charge in [0, 0.05) is 0 Å². The molecule has 0 aromatic heterocycles. The Hall–Kier alpha value is -2.20. The first-order chi connectivity index (χ1) is 12.3. The molecule has 1 amide bonds. The van der Waals surface area contributed by atoms with Crippen LogP contribution in [-0.2, 0) is 10.2 Å². The molecule has 1 atom stereocenters. The summed E-state index contributed by atoms with van der Waals surface area (Å²) in [5.74, 6) is 1.07. The van der Waals surface area contributed by atoms with E-state index in [4.69, 9.17) is 21.1 Å². The van der Waals surface area contributed by atoms with Gasteiger partial charge in [-0.05, 0) is 42.2 Å². The van der Waals surface area contributed by atoms with Crippen molar-refractivity contribution >= 4 is 17.5 Å². The first kappa shape index (κ1) is 20.1. The van der Waals surface area contributed by atoms with Crippen LogP contribution in [0.1, 0.15) is 33.3 Å². The van der Waals surface area contributed by atoms with Gasteiger partial charge in [-0.1, -0.05) is 56.6 Å². The van der Waals surface area contributed by atoms with Crippen molar-refractivity contribution in [2.75, 3.05) is 13.2 Å². The van der Waals surface area contributed by atoms with Gasteiger partial charge in [0.2, 0.25) is 0 Å². The zero-order chi connectivity index (χ0) is 19.2. The molecule has 0 heterocycles. The van der Waals surface area contributed by atoms with E-state index in [0.29, 0.717) is 23.9 Å². The van der Waals surface area contributed by atoms with Crippen molar-refractivity contribution in [1.29, 1.82) is 0 Å². The van der Waals surface area contributed by atoms with E-state index >= 15 is 0 Å². The molecule has 0 aliphatic carbocycles. The topological polar surface area (TPSA) is 47.6 Å². The average molecular weight is 376 g/mol. The van der Waals surface area contributed by atoms with E-state index in [9.17, 15) is 4.79 Å². The molecule has 2 rings (SSSR count). The summed E-state index contributed by atoms with van der Waals surface area (Å²) in [6.07, 6.45) is -0.638. The highest BCUT2D eigenvalue weighted by Gasteiger charge is 2.15. The molecular weight excluding hydrogens is 350 g/mol. The lowest BCUT2D eigenvalue weighted by atomic mass is 9.87. The normalized spacial score (nSPS) is 12.3. The van der Waals surface area contributed by atoms with Gasteiger partial charge in [0.15, 0.2) is 6.10 Å². The molecular formula is C21H26ClNO3. The zero-order valence-electron chi connectivity index (χ0n) is 15.7. The SMILES string of the molecule is C[C@H](Oc1ccccc1Cl)C(=O)NCCOc1ccc(C(C)(C)C)cc1. The van der Waals surface area contributed by atoms with Crippen molar-refractivity contribution in [2.45, 2.75) is 39.2 Å². The largest absolute Gasteiger partial charge is 0.492 e. The Morgan fingerprint density at radius 1 is 1.12 bits per heavy atom. The third kappa shape index (κ3) is 5.95. The molecule has 2 aromatic rings. The highest BCUT2D eigenvalue weighted by atomic mass is 35.5. The van der Waals surface area contributed by atoms with Crippen molar-refractivity contribution in [3.63, 3.8) is 0 Å². The monoisotopic (exact) mass is 375 g/mol. The van der Waals surface area contributed by atoms with Crippen molar-refractivity contribution in [2.24, 2.45) is 0 Å². The molecule has 0 aliphatic heterocycles. The van der Waals surface area contributed by atoms with Gasteiger partial charge >= 0.3 is 0 Å². The molecule has 0 saturated carbocycles. The van der Waals surface area contributed by atoms with Gasteiger partial charge in [0.25, 0.3) is 5.91 Å². The van der Waals surface area contributed by atoms with Crippen LogP contribution < -0.4 is 14.8 Å². The highest BCUT2D eigenvalue weighted by Crippen LogP contribution is 2.25. The Bertz CT molecular complexity index is 723. The summed E-state index contributed by atoms with van der Waals surface area (Å²) in [4.78, 5) is 12.1. The maximum atomic E-state index is 12.1. The molecule has 0 saturated heterocycles. The van der Waals surface area contributed by atoms with Crippen molar-refractivity contribution in [3.05, 3.63) is 59.1 Å². The minimum absolute atomic E-state index is 0.115. The van der Waals surface area contributed by atoms with E-state index in [-0.39, 0.29) is 11.3 Å². The zero-order valence-corrected chi connectivity index (χ0v) is 16.5. The quantitative estimate of drug-likeness (QED) is 0.719. The second kappa shape index (κ2) is 8.95. The third-order valence-electron chi connectivity index (χ3n) is 3.90. The Kier molecular flexibility index (Phi) is 6.92. The van der Waals surface area contributed by atoms with Crippen LogP contribution in [0.3, 0.4) is 0 Å². The minimum Gasteiger partial charge on any atom is -0.492 e. The number of halogens is 1. The molecule has 2 aromatic carbocycles. The fraction of sp³-hybridized carbons (Fsp3) is 0.381. The second-order valence-corrected chi connectivity index (χ2v) is 7.51. The van der Waals surface area contributed by atoms with E-state index in [1.54, 1.807) is 19.1 Å². The van der Waals surface area contributed by atoms with E-state index in [0.717, 1.165) is 5.75 Å². The molecule has 0 unspecified atom stereocenters. The molecule has 0 radical (unpaired) electrons. The predicted molar refractivity (Wildman–Crippen MR) is 105 cm³/mol. The number of para-hydroxylation sites is 1. The molecule has 26 heavy (non-hydrogen) atoms. The summed E-state index contributed by atoms with van der Waals surface area (Å²) in [6, 6.07) is 15.1. The summed E-state index contributed by atoms with van der Waals surface area (Å²) in [5.41, 5.74) is 1.37. The lowest BCUT2D eigenvalue weighted by Crippen LogP contribution is -2.38. The molecule has 0 spiro atoms. The van der Waals surface area contributed by atoms with Crippen LogP contribution in [0.25, 0.3) is 0 Å². The number of ether oxygens (including phenoxy) is 2. The summed E-state index contributed by atoms with van der Waals surface area (Å²) in [6.45, 7) is 8.99. The van der Waals surface area contributed by atoms with Gasteiger partial charge in [0.1, 0.15) is 18.1 Å². The van der Waals surface area contributed by atoms with Gasteiger partial charge in [-0.3, -0.25) is 4.79 Å². The van der Waals surface area contributed by atoms with Gasteiger partial charge in [-0.25, -0.2) is 0 Å². The number of carbonyl (C=O) groups is 1. The first-order valence-electron chi connectivity index (χ1n) is 8.69. The number of amides is 1. The van der Waals surface area contributed by atoms with Crippen LogP contribution in [-0.4, -0.2) is 25.2 Å². The van der Waals surface area contributed by atoms with Crippen LogP contribution in [0.5, 0.6) is 11.5 Å². The maximum Gasteiger partial charge on any atom is 0.260 e. The van der Waals surface area contributed by atoms with Crippen LogP contribution in [0.2, 0.25) is 5.02 Å². The molecule has 0 bridgehead atoms. The van der Waals surface area contributed by atoms with Gasteiger partial charge < -0.3 is 14.8 Å². The first-order valence-corrected chi connectivity index (χ1v) is 9.07. The summed E-state index contributed by atoms with van der Waals surface area (Å²) in [5, 5.41) is 3.28. The summed E-state index contributed by atoms with van der Waals surface area (Å²) >= 11 is 6.03. The fourth-order valence-corrected chi connectivity index (χ4v) is 2.50. The maximum absolute atomic E-state index is 12.1. The van der Waals surface area contributed by atoms with Crippen LogP contribution in [0.4, 0.5) is 0 Å². The number of benzene rings is 2. The van der Waals surface area contributed by atoms with Crippen LogP contribution in [0.15, 0.2) is 48.5 Å². The average Bonchev–Trinajstić information content (AvgIpc) is 2.60. The molecule has 140 valence electrons. The molecule has 0 aliphatic rings. The van der Waals surface area contributed by atoms with Crippen molar-refractivity contribution in [3.8, 4) is 11.5 Å². The Morgan fingerprint density at radius 2 is 1.77 bits per heavy atom. The van der Waals surface area contributed by atoms with Crippen molar-refractivity contribution in [1.82, 2.24) is 5.32 Å². The minimum atomic E-state index is -0.638. The predicted octanol–water partition coefficient (Wildman–Crippen LogP) is 4.60. The Balaban J connectivity index is 1.73. The molecule has 0 fully saturated rings. The van der Waals surface area contributed by atoms with Gasteiger partial charge in [-0.2, -0.15) is 0 Å². The lowest BCUT2D eigenvalue weighted by molar-refractivity contribution is -0.127. The summed E-state index contributed by atoms with van der Waals surface area (Å²) < 4.78 is 11.2. The van der Waals surface area contributed by atoms with E-state index in [2.05, 4.69) is 38.2 Å². The lowest BCUT2D eigenvalue weighted by Gasteiger charge is -2.19. The standard InChI is InChI=1S/C21H26ClNO3/c1-15(26-19-8-6-5-7-18(19)22)20(24)23-13-14-25-17-11-9-16(10-12-17)21(2,3)4/h5-12,15H,13-14H2,1-4H3,(H,23,24)/t15-/m0/s1. The van der Waals surface area contributed by atoms with Crippen molar-refractivity contribution < 1.29 is 14.3 Å². The third-order valence-corrected chi connectivity index (χ3v) is 4.21. The second-order valence-electron chi connectivity index (χ2n) is 7.10. The molecule has 1 N–H and O–H groups in total. The Morgan fingerprint density at radius 3 is 2.38 bits per heavy atom. The summed E-state index contributed by atoms with van der Waals surface area (Å²) in [7, 11) is 0. The smallest absolute Gasteiger partial charge is 0.260 e. The van der Waals surface area contributed by atoms with Crippen LogP contribution >= 0.6 is 11.6 Å². The molecule has 5 heteroatoms. The number of rotatable bonds is 7. The van der Waals surface area contributed by atoms with Crippen LogP contribution in [0, 0.1) is 0 Å². The number of hydrogen-bond donors (Lipinski definition) is 1. The number of nitrogens with one attached hydrogen (secondary N) is 1. The van der Waals surface area contributed by atoms with Gasteiger partial charge in [0.05, 0.1) is 11.6 Å². The molecule has 4 nitrogen and oxygen atoms in total. The van der Waals surface area contributed by atoms with E-state index in [1.165, 1.54) is 5.56 Å². The number of hydrogen-bond acceptors (Lipinski definition) is 3.